The third kappa shape index (κ3) is 4.20. The molecule has 1 aromatic heterocycles. The summed E-state index contributed by atoms with van der Waals surface area (Å²) >= 11 is 5.80. The van der Waals surface area contributed by atoms with Crippen molar-refractivity contribution in [1.82, 2.24) is 20.3 Å². The molecule has 0 radical (unpaired) electrons. The molecular weight excluding hydrogens is 318 g/mol. The molecule has 0 aliphatic carbocycles. The third-order valence-electron chi connectivity index (χ3n) is 3.68. The van der Waals surface area contributed by atoms with E-state index < -0.39 is 0 Å². The molecule has 2 unspecified atom stereocenters. The van der Waals surface area contributed by atoms with Gasteiger partial charge in [0.1, 0.15) is 17.9 Å². The highest BCUT2D eigenvalue weighted by Gasteiger charge is 2.29. The van der Waals surface area contributed by atoms with E-state index in [0.717, 1.165) is 5.56 Å². The normalized spacial score (nSPS) is 19.8. The van der Waals surface area contributed by atoms with E-state index in [1.54, 1.807) is 23.5 Å². The fourth-order valence-corrected chi connectivity index (χ4v) is 2.46. The van der Waals surface area contributed by atoms with Gasteiger partial charge in [-0.2, -0.15) is 0 Å². The number of pyridine rings is 1. The van der Waals surface area contributed by atoms with Crippen LogP contribution in [0.25, 0.3) is 0 Å². The average molecular weight is 338 g/mol. The number of rotatable bonds is 5. The van der Waals surface area contributed by atoms with Crippen LogP contribution >= 0.6 is 11.6 Å². The van der Waals surface area contributed by atoms with Crippen LogP contribution in [0.3, 0.4) is 0 Å². The van der Waals surface area contributed by atoms with E-state index in [1.165, 1.54) is 0 Å². The highest BCUT2D eigenvalue weighted by Crippen LogP contribution is 2.20. The Labute approximate surface area is 140 Å². The first-order valence-electron chi connectivity index (χ1n) is 7.32. The van der Waals surface area contributed by atoms with Crippen molar-refractivity contribution in [2.24, 2.45) is 0 Å². The lowest BCUT2D eigenvalue weighted by Crippen LogP contribution is -2.53. The summed E-state index contributed by atoms with van der Waals surface area (Å²) < 4.78 is 0. The number of hydrazine groups is 1. The molecule has 0 fully saturated rings. The van der Waals surface area contributed by atoms with E-state index in [1.807, 2.05) is 44.0 Å². The molecule has 0 saturated heterocycles. The van der Waals surface area contributed by atoms with Crippen molar-refractivity contribution in [3.63, 3.8) is 0 Å². The first-order chi connectivity index (χ1) is 10.9. The molecule has 0 aromatic carbocycles. The lowest BCUT2D eigenvalue weighted by molar-refractivity contribution is -0.431. The number of nitrogens with one attached hydrogen (secondary N) is 1. The molecule has 2 heterocycles. The summed E-state index contributed by atoms with van der Waals surface area (Å²) in [6.45, 7) is 6.10. The van der Waals surface area contributed by atoms with Crippen molar-refractivity contribution >= 4 is 11.6 Å². The van der Waals surface area contributed by atoms with Gasteiger partial charge in [-0.1, -0.05) is 23.7 Å². The Hall–Kier alpha value is -2.12. The van der Waals surface area contributed by atoms with Crippen LogP contribution < -0.4 is 5.43 Å². The highest BCUT2D eigenvalue weighted by atomic mass is 35.5. The van der Waals surface area contributed by atoms with E-state index >= 15 is 0 Å². The highest BCUT2D eigenvalue weighted by molar-refractivity contribution is 6.29. The monoisotopic (exact) mass is 337 g/mol. The zero-order valence-corrected chi connectivity index (χ0v) is 14.1. The van der Waals surface area contributed by atoms with Gasteiger partial charge in [0, 0.05) is 12.2 Å². The van der Waals surface area contributed by atoms with Crippen LogP contribution in [0.1, 0.15) is 32.4 Å². The van der Waals surface area contributed by atoms with Gasteiger partial charge in [-0.15, -0.1) is 0 Å². The Kier molecular flexibility index (Phi) is 5.57. The molecule has 7 nitrogen and oxygen atoms in total. The number of aromatic nitrogens is 1. The molecule has 124 valence electrons. The fourth-order valence-electron chi connectivity index (χ4n) is 2.35. The maximum atomic E-state index is 11.2. The molecule has 1 N–H and O–H groups in total. The maximum Gasteiger partial charge on any atom is 0.282 e. The maximum absolute atomic E-state index is 11.2. The van der Waals surface area contributed by atoms with E-state index in [2.05, 4.69) is 10.4 Å². The summed E-state index contributed by atoms with van der Waals surface area (Å²) in [6, 6.07) is 3.53. The van der Waals surface area contributed by atoms with Crippen LogP contribution in [0.4, 0.5) is 0 Å². The van der Waals surface area contributed by atoms with Crippen molar-refractivity contribution in [3.8, 4) is 0 Å². The smallest absolute Gasteiger partial charge is 0.282 e. The first kappa shape index (κ1) is 17.2. The molecule has 23 heavy (non-hydrogen) atoms. The number of allylic oxidation sites excluding steroid dienone is 1. The SMILES string of the molecule is CC=CN1CC([N+](=O)[O-])=CN(NC(C)c2ccc(Cl)nc2)C1C. The molecule has 2 atom stereocenters. The van der Waals surface area contributed by atoms with Gasteiger partial charge in [-0.25, -0.2) is 10.4 Å². The lowest BCUT2D eigenvalue weighted by Gasteiger charge is -2.40. The lowest BCUT2D eigenvalue weighted by atomic mass is 10.1. The molecule has 2 rings (SSSR count). The Morgan fingerprint density at radius 1 is 1.57 bits per heavy atom. The van der Waals surface area contributed by atoms with Crippen molar-refractivity contribution in [2.45, 2.75) is 33.0 Å². The molecule has 1 aliphatic heterocycles. The van der Waals surface area contributed by atoms with E-state index in [4.69, 9.17) is 11.6 Å². The minimum atomic E-state index is -0.356. The second-order valence-electron chi connectivity index (χ2n) is 5.34. The summed E-state index contributed by atoms with van der Waals surface area (Å²) in [4.78, 5) is 16.8. The number of halogens is 1. The first-order valence-corrected chi connectivity index (χ1v) is 7.69. The molecule has 8 heteroatoms. The topological polar surface area (TPSA) is 74.5 Å². The number of hydrogen-bond donors (Lipinski definition) is 1. The second kappa shape index (κ2) is 7.43. The van der Waals surface area contributed by atoms with Gasteiger partial charge in [0.2, 0.25) is 0 Å². The standard InChI is InChI=1S/C15H20ClN5O2/c1-4-7-19-9-14(21(22)23)10-20(12(19)3)18-11(2)13-5-6-15(16)17-8-13/h4-8,10-12,18H,9H2,1-3H3. The zero-order valence-electron chi connectivity index (χ0n) is 13.3. The Bertz CT molecular complexity index is 617. The number of nitrogens with zero attached hydrogens (tertiary/aromatic N) is 4. The van der Waals surface area contributed by atoms with Crippen molar-refractivity contribution in [3.05, 3.63) is 63.3 Å². The van der Waals surface area contributed by atoms with Gasteiger partial charge in [0.05, 0.1) is 11.1 Å². The Morgan fingerprint density at radius 2 is 2.30 bits per heavy atom. The Morgan fingerprint density at radius 3 is 2.87 bits per heavy atom. The van der Waals surface area contributed by atoms with Gasteiger partial charge < -0.3 is 4.90 Å². The minimum Gasteiger partial charge on any atom is -0.346 e. The van der Waals surface area contributed by atoms with Crippen LogP contribution in [-0.2, 0) is 0 Å². The van der Waals surface area contributed by atoms with Crippen LogP contribution in [0, 0.1) is 10.1 Å². The minimum absolute atomic E-state index is 0.0578. The van der Waals surface area contributed by atoms with Gasteiger partial charge >= 0.3 is 0 Å². The molecule has 0 amide bonds. The number of nitro groups is 1. The molecule has 0 spiro atoms. The van der Waals surface area contributed by atoms with Crippen LogP contribution in [-0.4, -0.2) is 32.5 Å². The summed E-state index contributed by atoms with van der Waals surface area (Å²) in [6.07, 6.45) is 6.90. The van der Waals surface area contributed by atoms with Crippen molar-refractivity contribution < 1.29 is 4.92 Å². The van der Waals surface area contributed by atoms with Crippen molar-refractivity contribution in [1.29, 1.82) is 0 Å². The summed E-state index contributed by atoms with van der Waals surface area (Å²) in [5.41, 5.74) is 4.35. The summed E-state index contributed by atoms with van der Waals surface area (Å²) in [5, 5.41) is 13.3. The molecule has 0 saturated carbocycles. The fraction of sp³-hybridized carbons (Fsp3) is 0.400. The quantitative estimate of drug-likeness (QED) is 0.506. The Balaban J connectivity index is 2.19. The average Bonchev–Trinajstić information content (AvgIpc) is 2.51. The molecular formula is C15H20ClN5O2. The van der Waals surface area contributed by atoms with E-state index in [0.29, 0.717) is 5.15 Å². The summed E-state index contributed by atoms with van der Waals surface area (Å²) in [7, 11) is 0. The zero-order chi connectivity index (χ0) is 17.0. The predicted octanol–water partition coefficient (Wildman–Crippen LogP) is 2.92. The van der Waals surface area contributed by atoms with Crippen LogP contribution in [0.15, 0.2) is 42.5 Å². The second-order valence-corrected chi connectivity index (χ2v) is 5.72. The van der Waals surface area contributed by atoms with E-state index in [9.17, 15) is 10.1 Å². The van der Waals surface area contributed by atoms with Crippen molar-refractivity contribution in [2.75, 3.05) is 6.54 Å². The van der Waals surface area contributed by atoms with Gasteiger partial charge in [-0.05, 0) is 38.6 Å². The van der Waals surface area contributed by atoms with E-state index in [-0.39, 0.29) is 29.4 Å². The molecule has 1 aromatic rings. The number of hydrogen-bond acceptors (Lipinski definition) is 6. The molecule has 1 aliphatic rings. The van der Waals surface area contributed by atoms with Gasteiger partial charge in [-0.3, -0.25) is 15.1 Å². The van der Waals surface area contributed by atoms with Crippen LogP contribution in [0.5, 0.6) is 0 Å². The van der Waals surface area contributed by atoms with Gasteiger partial charge in [0.25, 0.3) is 5.70 Å². The summed E-state index contributed by atoms with van der Waals surface area (Å²) in [5.74, 6) is 0. The molecule has 0 bridgehead atoms. The largest absolute Gasteiger partial charge is 0.346 e. The van der Waals surface area contributed by atoms with Crippen LogP contribution in [0.2, 0.25) is 5.15 Å². The third-order valence-corrected chi connectivity index (χ3v) is 3.91. The van der Waals surface area contributed by atoms with Gasteiger partial charge in [0.15, 0.2) is 0 Å². The predicted molar refractivity (Wildman–Crippen MR) is 88.7 cm³/mol.